The van der Waals surface area contributed by atoms with Crippen LogP contribution in [0.3, 0.4) is 0 Å². The predicted octanol–water partition coefficient (Wildman–Crippen LogP) is 1.21. The van der Waals surface area contributed by atoms with E-state index in [2.05, 4.69) is 24.1 Å². The number of nitrogens with zero attached hydrogens (tertiary/aromatic N) is 1. The maximum Gasteiger partial charge on any atom is 0.220 e. The summed E-state index contributed by atoms with van der Waals surface area (Å²) >= 11 is 0. The van der Waals surface area contributed by atoms with Crippen LogP contribution in [-0.4, -0.2) is 24.0 Å². The van der Waals surface area contributed by atoms with Gasteiger partial charge in [0.05, 0.1) is 0 Å². The van der Waals surface area contributed by atoms with Crippen LogP contribution in [0.4, 0.5) is 0 Å². The molecule has 0 saturated carbocycles. The Labute approximate surface area is 103 Å². The number of hydrogen-bond acceptors (Lipinski definition) is 3. The molecular formula is C13H21N3O. The second kappa shape index (κ2) is 6.35. The predicted molar refractivity (Wildman–Crippen MR) is 68.6 cm³/mol. The number of amides is 1. The molecule has 0 saturated heterocycles. The minimum atomic E-state index is -0.105. The number of rotatable bonds is 6. The molecule has 17 heavy (non-hydrogen) atoms. The van der Waals surface area contributed by atoms with Crippen molar-refractivity contribution < 1.29 is 4.79 Å². The van der Waals surface area contributed by atoms with Crippen LogP contribution in [-0.2, 0) is 10.2 Å². The van der Waals surface area contributed by atoms with Crippen molar-refractivity contribution in [3.8, 4) is 0 Å². The second-order valence-corrected chi connectivity index (χ2v) is 4.79. The number of nitrogens with one attached hydrogen (secondary N) is 1. The van der Waals surface area contributed by atoms with E-state index < -0.39 is 0 Å². The van der Waals surface area contributed by atoms with Crippen molar-refractivity contribution in [1.29, 1.82) is 0 Å². The first kappa shape index (κ1) is 13.6. The summed E-state index contributed by atoms with van der Waals surface area (Å²) in [4.78, 5) is 15.6. The lowest BCUT2D eigenvalue weighted by molar-refractivity contribution is -0.121. The van der Waals surface area contributed by atoms with E-state index in [0.717, 1.165) is 12.0 Å². The van der Waals surface area contributed by atoms with Gasteiger partial charge >= 0.3 is 0 Å². The van der Waals surface area contributed by atoms with Gasteiger partial charge in [0.25, 0.3) is 0 Å². The van der Waals surface area contributed by atoms with Crippen LogP contribution in [0, 0.1) is 0 Å². The van der Waals surface area contributed by atoms with E-state index in [1.54, 1.807) is 6.20 Å². The summed E-state index contributed by atoms with van der Waals surface area (Å²) in [7, 11) is 0. The Bertz CT molecular complexity index is 349. The SMILES string of the molecule is CC(C)(CNC(=O)CCCN)c1cccnc1. The molecule has 1 aromatic heterocycles. The topological polar surface area (TPSA) is 68.0 Å². The Morgan fingerprint density at radius 1 is 1.53 bits per heavy atom. The molecular weight excluding hydrogens is 214 g/mol. The molecule has 1 amide bonds. The molecule has 94 valence electrons. The third kappa shape index (κ3) is 4.53. The first-order chi connectivity index (χ1) is 8.06. The Morgan fingerprint density at radius 2 is 2.29 bits per heavy atom. The highest BCUT2D eigenvalue weighted by molar-refractivity contribution is 5.75. The van der Waals surface area contributed by atoms with Gasteiger partial charge in [-0.3, -0.25) is 9.78 Å². The van der Waals surface area contributed by atoms with Gasteiger partial charge in [0.15, 0.2) is 0 Å². The summed E-state index contributed by atoms with van der Waals surface area (Å²) in [5.74, 6) is 0.0624. The van der Waals surface area contributed by atoms with Gasteiger partial charge in [-0.25, -0.2) is 0 Å². The first-order valence-electron chi connectivity index (χ1n) is 5.93. The number of nitrogens with two attached hydrogens (primary N) is 1. The maximum absolute atomic E-state index is 11.5. The third-order valence-electron chi connectivity index (χ3n) is 2.78. The number of carbonyl (C=O) groups is 1. The summed E-state index contributed by atoms with van der Waals surface area (Å²) in [5.41, 5.74) is 6.38. The minimum absolute atomic E-state index is 0.0624. The molecule has 0 aromatic carbocycles. The zero-order valence-corrected chi connectivity index (χ0v) is 10.6. The van der Waals surface area contributed by atoms with Crippen LogP contribution < -0.4 is 11.1 Å². The molecule has 0 radical (unpaired) electrons. The average Bonchev–Trinajstić information content (AvgIpc) is 2.35. The summed E-state index contributed by atoms with van der Waals surface area (Å²) in [6, 6.07) is 3.94. The maximum atomic E-state index is 11.5. The molecule has 0 aliphatic heterocycles. The van der Waals surface area contributed by atoms with Crippen molar-refractivity contribution in [1.82, 2.24) is 10.3 Å². The zero-order valence-electron chi connectivity index (χ0n) is 10.6. The Balaban J connectivity index is 2.48. The number of pyridine rings is 1. The molecule has 1 heterocycles. The Morgan fingerprint density at radius 3 is 2.88 bits per heavy atom. The molecule has 1 aromatic rings. The lowest BCUT2D eigenvalue weighted by Crippen LogP contribution is -2.36. The van der Waals surface area contributed by atoms with Gasteiger partial charge in [0.2, 0.25) is 5.91 Å². The fraction of sp³-hybridized carbons (Fsp3) is 0.538. The van der Waals surface area contributed by atoms with Crippen molar-refractivity contribution in [2.75, 3.05) is 13.1 Å². The molecule has 4 heteroatoms. The third-order valence-corrected chi connectivity index (χ3v) is 2.78. The molecule has 1 rings (SSSR count). The van der Waals surface area contributed by atoms with Crippen LogP contribution in [0.5, 0.6) is 0 Å². The molecule has 0 aliphatic rings. The molecule has 4 nitrogen and oxygen atoms in total. The molecule has 0 atom stereocenters. The van der Waals surface area contributed by atoms with Gasteiger partial charge in [-0.05, 0) is 24.6 Å². The van der Waals surface area contributed by atoms with E-state index in [1.165, 1.54) is 0 Å². The van der Waals surface area contributed by atoms with Crippen LogP contribution in [0.25, 0.3) is 0 Å². The van der Waals surface area contributed by atoms with Crippen molar-refractivity contribution >= 4 is 5.91 Å². The van der Waals surface area contributed by atoms with Gasteiger partial charge in [-0.2, -0.15) is 0 Å². The van der Waals surface area contributed by atoms with Crippen LogP contribution in [0.15, 0.2) is 24.5 Å². The van der Waals surface area contributed by atoms with Crippen molar-refractivity contribution in [3.05, 3.63) is 30.1 Å². The van der Waals surface area contributed by atoms with Crippen LogP contribution in [0.2, 0.25) is 0 Å². The van der Waals surface area contributed by atoms with Crippen molar-refractivity contribution in [3.63, 3.8) is 0 Å². The number of carbonyl (C=O) groups excluding carboxylic acids is 1. The van der Waals surface area contributed by atoms with Crippen molar-refractivity contribution in [2.45, 2.75) is 32.1 Å². The van der Waals surface area contributed by atoms with E-state index in [1.807, 2.05) is 18.3 Å². The van der Waals surface area contributed by atoms with Gasteiger partial charge in [-0.1, -0.05) is 19.9 Å². The molecule has 0 fully saturated rings. The van der Waals surface area contributed by atoms with Gasteiger partial charge in [-0.15, -0.1) is 0 Å². The normalized spacial score (nSPS) is 11.2. The molecule has 0 bridgehead atoms. The Hall–Kier alpha value is -1.42. The number of aromatic nitrogens is 1. The molecule has 3 N–H and O–H groups in total. The first-order valence-corrected chi connectivity index (χ1v) is 5.93. The van der Waals surface area contributed by atoms with Gasteiger partial charge < -0.3 is 11.1 Å². The smallest absolute Gasteiger partial charge is 0.220 e. The van der Waals surface area contributed by atoms with E-state index in [-0.39, 0.29) is 11.3 Å². The monoisotopic (exact) mass is 235 g/mol. The van der Waals surface area contributed by atoms with E-state index in [4.69, 9.17) is 5.73 Å². The Kier molecular flexibility index (Phi) is 5.10. The summed E-state index contributed by atoms with van der Waals surface area (Å²) < 4.78 is 0. The highest BCUT2D eigenvalue weighted by atomic mass is 16.1. The molecule has 0 aliphatic carbocycles. The van der Waals surface area contributed by atoms with Crippen LogP contribution in [0.1, 0.15) is 32.3 Å². The second-order valence-electron chi connectivity index (χ2n) is 4.79. The van der Waals surface area contributed by atoms with Crippen LogP contribution >= 0.6 is 0 Å². The standard InChI is InChI=1S/C13H21N3O/c1-13(2,11-5-4-8-15-9-11)10-16-12(17)6-3-7-14/h4-5,8-9H,3,6-7,10,14H2,1-2H3,(H,16,17). The van der Waals surface area contributed by atoms with E-state index >= 15 is 0 Å². The zero-order chi connectivity index (χ0) is 12.7. The quantitative estimate of drug-likeness (QED) is 0.779. The lowest BCUT2D eigenvalue weighted by Gasteiger charge is -2.25. The largest absolute Gasteiger partial charge is 0.355 e. The van der Waals surface area contributed by atoms with E-state index in [9.17, 15) is 4.79 Å². The molecule has 0 spiro atoms. The minimum Gasteiger partial charge on any atom is -0.355 e. The highest BCUT2D eigenvalue weighted by Gasteiger charge is 2.21. The fourth-order valence-electron chi connectivity index (χ4n) is 1.54. The van der Waals surface area contributed by atoms with Crippen molar-refractivity contribution in [2.24, 2.45) is 5.73 Å². The summed E-state index contributed by atoms with van der Waals surface area (Å²) in [5, 5.41) is 2.93. The number of hydrogen-bond donors (Lipinski definition) is 2. The highest BCUT2D eigenvalue weighted by Crippen LogP contribution is 2.20. The molecule has 0 unspecified atom stereocenters. The summed E-state index contributed by atoms with van der Waals surface area (Å²) in [6.07, 6.45) is 4.82. The lowest BCUT2D eigenvalue weighted by atomic mass is 9.85. The summed E-state index contributed by atoms with van der Waals surface area (Å²) in [6.45, 7) is 5.35. The van der Waals surface area contributed by atoms with Gasteiger partial charge in [0.1, 0.15) is 0 Å². The fourth-order valence-corrected chi connectivity index (χ4v) is 1.54. The van der Waals surface area contributed by atoms with Gasteiger partial charge in [0, 0.05) is 30.8 Å². The van der Waals surface area contributed by atoms with E-state index in [0.29, 0.717) is 19.5 Å². The average molecular weight is 235 g/mol.